The highest BCUT2D eigenvalue weighted by molar-refractivity contribution is 6.25. The molecule has 1 heterocycles. The van der Waals surface area contributed by atoms with Crippen molar-refractivity contribution in [1.29, 1.82) is 0 Å². The van der Waals surface area contributed by atoms with E-state index in [1.807, 2.05) is 61.5 Å². The largest absolute Gasteiger partial charge is 0.456 e. The van der Waals surface area contributed by atoms with Gasteiger partial charge in [-0.05, 0) is 24.6 Å². The molecule has 0 aromatic heterocycles. The van der Waals surface area contributed by atoms with Gasteiger partial charge in [0.25, 0.3) is 5.91 Å². The van der Waals surface area contributed by atoms with Gasteiger partial charge in [-0.15, -0.1) is 0 Å². The predicted octanol–water partition coefficient (Wildman–Crippen LogP) is 3.86. The summed E-state index contributed by atoms with van der Waals surface area (Å²) in [6, 6.07) is 15.4. The Morgan fingerprint density at radius 1 is 1.05 bits per heavy atom. The molecular weight excluding hydrogens is 262 g/mol. The van der Waals surface area contributed by atoms with E-state index >= 15 is 0 Å². The van der Waals surface area contributed by atoms with Crippen LogP contribution in [0.25, 0.3) is 11.6 Å². The molecule has 0 aliphatic carbocycles. The van der Waals surface area contributed by atoms with Crippen LogP contribution in [0.2, 0.25) is 0 Å². The molecule has 3 nitrogen and oxygen atoms in total. The minimum atomic E-state index is -0.0652. The molecule has 0 spiro atoms. The van der Waals surface area contributed by atoms with Crippen molar-refractivity contribution in [3.8, 4) is 11.5 Å². The summed E-state index contributed by atoms with van der Waals surface area (Å²) in [6.07, 6.45) is 2.81. The monoisotopic (exact) mass is 279 g/mol. The quantitative estimate of drug-likeness (QED) is 0.926. The Kier molecular flexibility index (Phi) is 3.73. The molecule has 3 rings (SSSR count). The highest BCUT2D eigenvalue weighted by atomic mass is 16.5. The SMILES string of the molecule is CCCNC(=O)C1=Cc2ccccc2Oc2ccccc21. The highest BCUT2D eigenvalue weighted by Crippen LogP contribution is 2.37. The van der Waals surface area contributed by atoms with Crippen LogP contribution in [0.1, 0.15) is 24.5 Å². The molecule has 2 aromatic rings. The third kappa shape index (κ3) is 2.68. The number of nitrogens with one attached hydrogen (secondary N) is 1. The van der Waals surface area contributed by atoms with Gasteiger partial charge >= 0.3 is 0 Å². The van der Waals surface area contributed by atoms with Gasteiger partial charge in [-0.1, -0.05) is 43.3 Å². The van der Waals surface area contributed by atoms with E-state index in [-0.39, 0.29) is 5.91 Å². The molecule has 1 aliphatic rings. The van der Waals surface area contributed by atoms with E-state index in [1.165, 1.54) is 0 Å². The van der Waals surface area contributed by atoms with Crippen LogP contribution in [-0.4, -0.2) is 12.5 Å². The predicted molar refractivity (Wildman–Crippen MR) is 84.1 cm³/mol. The fourth-order valence-corrected chi connectivity index (χ4v) is 2.34. The molecule has 1 aliphatic heterocycles. The Bertz CT molecular complexity index is 704. The number of para-hydroxylation sites is 2. The second-order valence-electron chi connectivity index (χ2n) is 4.95. The molecule has 3 heteroatoms. The number of hydrogen-bond acceptors (Lipinski definition) is 2. The van der Waals surface area contributed by atoms with Crippen LogP contribution in [0.4, 0.5) is 0 Å². The average molecular weight is 279 g/mol. The molecule has 0 saturated carbocycles. The summed E-state index contributed by atoms with van der Waals surface area (Å²) in [4.78, 5) is 12.4. The number of fused-ring (bicyclic) bond motifs is 2. The van der Waals surface area contributed by atoms with Gasteiger partial charge in [0.2, 0.25) is 0 Å². The lowest BCUT2D eigenvalue weighted by Crippen LogP contribution is -2.24. The maximum atomic E-state index is 12.4. The first-order valence-corrected chi connectivity index (χ1v) is 7.16. The first kappa shape index (κ1) is 13.4. The summed E-state index contributed by atoms with van der Waals surface area (Å²) in [5.74, 6) is 1.41. The summed E-state index contributed by atoms with van der Waals surface area (Å²) in [6.45, 7) is 2.70. The number of benzene rings is 2. The fourth-order valence-electron chi connectivity index (χ4n) is 2.34. The van der Waals surface area contributed by atoms with Gasteiger partial charge in [-0.2, -0.15) is 0 Å². The zero-order valence-electron chi connectivity index (χ0n) is 11.9. The standard InChI is InChI=1S/C18H17NO2/c1-2-11-19-18(20)15-12-13-7-3-5-9-16(13)21-17-10-6-4-8-14(15)17/h3-10,12H,2,11H2,1H3,(H,19,20). The minimum absolute atomic E-state index is 0.0652. The minimum Gasteiger partial charge on any atom is -0.456 e. The van der Waals surface area contributed by atoms with E-state index in [1.54, 1.807) is 0 Å². The summed E-state index contributed by atoms with van der Waals surface area (Å²) in [5.41, 5.74) is 2.38. The van der Waals surface area contributed by atoms with Gasteiger partial charge in [0.05, 0.1) is 5.57 Å². The zero-order valence-corrected chi connectivity index (χ0v) is 11.9. The van der Waals surface area contributed by atoms with E-state index in [2.05, 4.69) is 5.32 Å². The normalized spacial score (nSPS) is 12.3. The van der Waals surface area contributed by atoms with Crippen LogP contribution in [0.5, 0.6) is 11.5 Å². The molecule has 0 bridgehead atoms. The van der Waals surface area contributed by atoms with Crippen molar-refractivity contribution in [2.24, 2.45) is 0 Å². The van der Waals surface area contributed by atoms with E-state index < -0.39 is 0 Å². The van der Waals surface area contributed by atoms with Crippen LogP contribution < -0.4 is 10.1 Å². The van der Waals surface area contributed by atoms with Crippen LogP contribution in [0, 0.1) is 0 Å². The molecule has 0 saturated heterocycles. The number of rotatable bonds is 3. The van der Waals surface area contributed by atoms with Crippen molar-refractivity contribution in [3.63, 3.8) is 0 Å². The smallest absolute Gasteiger partial charge is 0.252 e. The van der Waals surface area contributed by atoms with Crippen molar-refractivity contribution >= 4 is 17.6 Å². The Balaban J connectivity index is 2.11. The van der Waals surface area contributed by atoms with Crippen molar-refractivity contribution < 1.29 is 9.53 Å². The van der Waals surface area contributed by atoms with Gasteiger partial charge in [0.15, 0.2) is 0 Å². The number of carbonyl (C=O) groups is 1. The van der Waals surface area contributed by atoms with E-state index in [0.717, 1.165) is 23.3 Å². The van der Waals surface area contributed by atoms with Gasteiger partial charge in [-0.3, -0.25) is 4.79 Å². The molecule has 2 aromatic carbocycles. The summed E-state index contributed by atoms with van der Waals surface area (Å²) < 4.78 is 5.96. The van der Waals surface area contributed by atoms with Gasteiger partial charge in [0, 0.05) is 17.7 Å². The van der Waals surface area contributed by atoms with Gasteiger partial charge < -0.3 is 10.1 Å². The van der Waals surface area contributed by atoms with Crippen LogP contribution in [-0.2, 0) is 4.79 Å². The Morgan fingerprint density at radius 3 is 2.57 bits per heavy atom. The maximum absolute atomic E-state index is 12.4. The lowest BCUT2D eigenvalue weighted by atomic mass is 10.0. The third-order valence-corrected chi connectivity index (χ3v) is 3.40. The Morgan fingerprint density at radius 2 is 1.76 bits per heavy atom. The average Bonchev–Trinajstić information content (AvgIpc) is 2.69. The highest BCUT2D eigenvalue weighted by Gasteiger charge is 2.20. The lowest BCUT2D eigenvalue weighted by molar-refractivity contribution is -0.115. The van der Waals surface area contributed by atoms with Crippen molar-refractivity contribution in [2.45, 2.75) is 13.3 Å². The molecule has 106 valence electrons. The molecule has 1 N–H and O–H groups in total. The van der Waals surface area contributed by atoms with Gasteiger partial charge in [0.1, 0.15) is 11.5 Å². The summed E-state index contributed by atoms with van der Waals surface area (Å²) >= 11 is 0. The van der Waals surface area contributed by atoms with Crippen LogP contribution in [0.15, 0.2) is 48.5 Å². The van der Waals surface area contributed by atoms with E-state index in [0.29, 0.717) is 17.9 Å². The van der Waals surface area contributed by atoms with E-state index in [4.69, 9.17) is 4.74 Å². The van der Waals surface area contributed by atoms with Crippen LogP contribution >= 0.6 is 0 Å². The number of amides is 1. The molecule has 0 atom stereocenters. The Hall–Kier alpha value is -2.55. The number of ether oxygens (including phenoxy) is 1. The maximum Gasteiger partial charge on any atom is 0.252 e. The number of hydrogen-bond donors (Lipinski definition) is 1. The fraction of sp³-hybridized carbons (Fsp3) is 0.167. The van der Waals surface area contributed by atoms with E-state index in [9.17, 15) is 4.79 Å². The molecule has 0 fully saturated rings. The second-order valence-corrected chi connectivity index (χ2v) is 4.95. The van der Waals surface area contributed by atoms with Crippen molar-refractivity contribution in [3.05, 3.63) is 59.7 Å². The third-order valence-electron chi connectivity index (χ3n) is 3.40. The number of carbonyl (C=O) groups excluding carboxylic acids is 1. The van der Waals surface area contributed by atoms with Crippen LogP contribution in [0.3, 0.4) is 0 Å². The second kappa shape index (κ2) is 5.83. The lowest BCUT2D eigenvalue weighted by Gasteiger charge is -2.10. The molecule has 1 amide bonds. The molecular formula is C18H17NO2. The molecule has 0 radical (unpaired) electrons. The topological polar surface area (TPSA) is 38.3 Å². The summed E-state index contributed by atoms with van der Waals surface area (Å²) in [7, 11) is 0. The zero-order chi connectivity index (χ0) is 14.7. The first-order chi connectivity index (χ1) is 10.3. The Labute approximate surface area is 124 Å². The molecule has 0 unspecified atom stereocenters. The first-order valence-electron chi connectivity index (χ1n) is 7.16. The summed E-state index contributed by atoms with van der Waals surface area (Å²) in [5, 5.41) is 2.94. The van der Waals surface area contributed by atoms with Gasteiger partial charge in [-0.25, -0.2) is 0 Å². The van der Waals surface area contributed by atoms with Crippen molar-refractivity contribution in [1.82, 2.24) is 5.32 Å². The van der Waals surface area contributed by atoms with Crippen molar-refractivity contribution in [2.75, 3.05) is 6.54 Å². The molecule has 21 heavy (non-hydrogen) atoms.